The zero-order chi connectivity index (χ0) is 13.5. The second-order valence-electron chi connectivity index (χ2n) is 4.75. The molecule has 0 radical (unpaired) electrons. The van der Waals surface area contributed by atoms with Gasteiger partial charge in [-0.3, -0.25) is 0 Å². The van der Waals surface area contributed by atoms with Gasteiger partial charge in [-0.25, -0.2) is 0 Å². The molecule has 0 rings (SSSR count). The third-order valence-electron chi connectivity index (χ3n) is 3.06. The molecule has 0 aromatic carbocycles. The summed E-state index contributed by atoms with van der Waals surface area (Å²) >= 11 is 4.05. The lowest BCUT2D eigenvalue weighted by molar-refractivity contribution is 0.147. The zero-order valence-corrected chi connectivity index (χ0v) is 14.0. The van der Waals surface area contributed by atoms with Gasteiger partial charge in [-0.1, -0.05) is 39.5 Å². The van der Waals surface area contributed by atoms with Gasteiger partial charge in [0.2, 0.25) is 0 Å². The van der Waals surface area contributed by atoms with Gasteiger partial charge in [-0.15, -0.1) is 0 Å². The maximum atomic E-state index is 9.84. The smallest absolute Gasteiger partial charge is 0.0540 e. The van der Waals surface area contributed by atoms with Crippen LogP contribution in [0.3, 0.4) is 0 Å². The molecule has 0 amide bonds. The first-order valence-corrected chi connectivity index (χ1v) is 9.95. The lowest BCUT2D eigenvalue weighted by Gasteiger charge is -2.10. The Labute approximate surface area is 123 Å². The number of rotatable bonds is 14. The molecular formula is C15H32OS2. The SMILES string of the molecule is CCSCCCCCC(O)CCCCCSCC. The van der Waals surface area contributed by atoms with E-state index in [9.17, 15) is 5.11 Å². The van der Waals surface area contributed by atoms with Gasteiger partial charge in [0.15, 0.2) is 0 Å². The number of unbranched alkanes of at least 4 members (excludes halogenated alkanes) is 4. The normalized spacial score (nSPS) is 11.3. The van der Waals surface area contributed by atoms with Crippen molar-refractivity contribution in [2.75, 3.05) is 23.0 Å². The van der Waals surface area contributed by atoms with Crippen molar-refractivity contribution in [3.8, 4) is 0 Å². The molecule has 1 nitrogen and oxygen atoms in total. The summed E-state index contributed by atoms with van der Waals surface area (Å²) in [5.74, 6) is 5.06. The van der Waals surface area contributed by atoms with Crippen LogP contribution >= 0.6 is 23.5 Å². The highest BCUT2D eigenvalue weighted by Gasteiger charge is 2.03. The zero-order valence-electron chi connectivity index (χ0n) is 12.3. The van der Waals surface area contributed by atoms with Gasteiger partial charge in [0, 0.05) is 0 Å². The number of hydrogen-bond donors (Lipinski definition) is 1. The molecule has 0 fully saturated rings. The third-order valence-corrected chi connectivity index (χ3v) is 5.03. The van der Waals surface area contributed by atoms with Crippen molar-refractivity contribution < 1.29 is 5.11 Å². The van der Waals surface area contributed by atoms with E-state index in [4.69, 9.17) is 0 Å². The van der Waals surface area contributed by atoms with Gasteiger partial charge in [0.05, 0.1) is 6.10 Å². The van der Waals surface area contributed by atoms with Gasteiger partial charge in [-0.2, -0.15) is 23.5 Å². The monoisotopic (exact) mass is 292 g/mol. The Morgan fingerprint density at radius 1 is 0.722 bits per heavy atom. The fraction of sp³-hybridized carbons (Fsp3) is 1.00. The van der Waals surface area contributed by atoms with Crippen molar-refractivity contribution in [3.05, 3.63) is 0 Å². The molecule has 0 saturated carbocycles. The summed E-state index contributed by atoms with van der Waals surface area (Å²) in [6.45, 7) is 4.43. The molecule has 0 aromatic heterocycles. The second kappa shape index (κ2) is 15.7. The highest BCUT2D eigenvalue weighted by Crippen LogP contribution is 2.13. The highest BCUT2D eigenvalue weighted by atomic mass is 32.2. The predicted molar refractivity (Wildman–Crippen MR) is 88.9 cm³/mol. The summed E-state index contributed by atoms with van der Waals surface area (Å²) in [5, 5.41) is 9.84. The highest BCUT2D eigenvalue weighted by molar-refractivity contribution is 7.99. The van der Waals surface area contributed by atoms with Crippen LogP contribution in [0.4, 0.5) is 0 Å². The van der Waals surface area contributed by atoms with Crippen molar-refractivity contribution >= 4 is 23.5 Å². The average Bonchev–Trinajstić information content (AvgIpc) is 2.38. The Morgan fingerprint density at radius 2 is 1.17 bits per heavy atom. The Bertz CT molecular complexity index is 137. The predicted octanol–water partition coefficient (Wildman–Crippen LogP) is 4.97. The fourth-order valence-corrected chi connectivity index (χ4v) is 3.35. The van der Waals surface area contributed by atoms with Crippen LogP contribution in [-0.2, 0) is 0 Å². The molecule has 110 valence electrons. The molecule has 0 aliphatic rings. The van der Waals surface area contributed by atoms with Crippen LogP contribution in [0.2, 0.25) is 0 Å². The molecule has 0 aromatic rings. The summed E-state index contributed by atoms with van der Waals surface area (Å²) in [6, 6.07) is 0. The topological polar surface area (TPSA) is 20.2 Å². The van der Waals surface area contributed by atoms with Gasteiger partial charge in [0.1, 0.15) is 0 Å². The summed E-state index contributed by atoms with van der Waals surface area (Å²) in [7, 11) is 0. The quantitative estimate of drug-likeness (QED) is 0.456. The van der Waals surface area contributed by atoms with Crippen LogP contribution in [0.5, 0.6) is 0 Å². The largest absolute Gasteiger partial charge is 0.393 e. The van der Waals surface area contributed by atoms with E-state index in [1.807, 2.05) is 23.5 Å². The van der Waals surface area contributed by atoms with E-state index in [2.05, 4.69) is 13.8 Å². The molecule has 0 aliphatic carbocycles. The lowest BCUT2D eigenvalue weighted by Crippen LogP contribution is -2.06. The standard InChI is InChI=1S/C15H32OS2/c1-3-17-13-9-5-7-11-15(16)12-8-6-10-14-18-4-2/h15-16H,3-14H2,1-2H3. The molecule has 0 heterocycles. The van der Waals surface area contributed by atoms with Crippen LogP contribution < -0.4 is 0 Å². The molecular weight excluding hydrogens is 260 g/mol. The second-order valence-corrected chi connectivity index (χ2v) is 7.53. The van der Waals surface area contributed by atoms with Crippen LogP contribution in [0, 0.1) is 0 Å². The van der Waals surface area contributed by atoms with Crippen LogP contribution in [0.15, 0.2) is 0 Å². The van der Waals surface area contributed by atoms with Crippen LogP contribution in [0.25, 0.3) is 0 Å². The minimum absolute atomic E-state index is 0.0392. The van der Waals surface area contributed by atoms with E-state index in [1.165, 1.54) is 61.5 Å². The molecule has 0 saturated heterocycles. The summed E-state index contributed by atoms with van der Waals surface area (Å²) in [4.78, 5) is 0. The van der Waals surface area contributed by atoms with Crippen molar-refractivity contribution in [1.29, 1.82) is 0 Å². The number of aliphatic hydroxyl groups is 1. The van der Waals surface area contributed by atoms with Gasteiger partial charge in [-0.05, 0) is 48.7 Å². The number of thioether (sulfide) groups is 2. The maximum Gasteiger partial charge on any atom is 0.0540 e. The van der Waals surface area contributed by atoms with Gasteiger partial charge < -0.3 is 5.11 Å². The molecule has 0 spiro atoms. The Balaban J connectivity index is 3.10. The fourth-order valence-electron chi connectivity index (χ4n) is 1.95. The van der Waals surface area contributed by atoms with E-state index >= 15 is 0 Å². The van der Waals surface area contributed by atoms with E-state index < -0.39 is 0 Å². The first-order valence-electron chi connectivity index (χ1n) is 7.64. The molecule has 0 unspecified atom stereocenters. The molecule has 0 bridgehead atoms. The minimum atomic E-state index is -0.0392. The molecule has 0 aliphatic heterocycles. The van der Waals surface area contributed by atoms with Crippen LogP contribution in [0.1, 0.15) is 65.2 Å². The number of aliphatic hydroxyl groups excluding tert-OH is 1. The summed E-state index contributed by atoms with van der Waals surface area (Å²) < 4.78 is 0. The molecule has 0 atom stereocenters. The average molecular weight is 293 g/mol. The van der Waals surface area contributed by atoms with Gasteiger partial charge >= 0.3 is 0 Å². The summed E-state index contributed by atoms with van der Waals surface area (Å²) in [6.07, 6.45) is 9.62. The minimum Gasteiger partial charge on any atom is -0.393 e. The maximum absolute atomic E-state index is 9.84. The van der Waals surface area contributed by atoms with Crippen LogP contribution in [-0.4, -0.2) is 34.2 Å². The Kier molecular flexibility index (Phi) is 16.3. The van der Waals surface area contributed by atoms with Crippen molar-refractivity contribution in [3.63, 3.8) is 0 Å². The van der Waals surface area contributed by atoms with E-state index in [1.54, 1.807) is 0 Å². The first-order chi connectivity index (χ1) is 8.81. The van der Waals surface area contributed by atoms with E-state index in [0.29, 0.717) is 0 Å². The van der Waals surface area contributed by atoms with Crippen molar-refractivity contribution in [2.45, 2.75) is 71.3 Å². The molecule has 1 N–H and O–H groups in total. The molecule has 18 heavy (non-hydrogen) atoms. The Morgan fingerprint density at radius 3 is 1.56 bits per heavy atom. The first kappa shape index (κ1) is 18.7. The third kappa shape index (κ3) is 14.7. The lowest BCUT2D eigenvalue weighted by atomic mass is 10.0. The van der Waals surface area contributed by atoms with Crippen molar-refractivity contribution in [2.24, 2.45) is 0 Å². The summed E-state index contributed by atoms with van der Waals surface area (Å²) in [5.41, 5.74) is 0. The molecule has 3 heteroatoms. The van der Waals surface area contributed by atoms with Crippen molar-refractivity contribution in [1.82, 2.24) is 0 Å². The van der Waals surface area contributed by atoms with Gasteiger partial charge in [0.25, 0.3) is 0 Å². The van der Waals surface area contributed by atoms with E-state index in [0.717, 1.165) is 12.8 Å². The number of hydrogen-bond acceptors (Lipinski definition) is 3. The Hall–Kier alpha value is 0.660. The van der Waals surface area contributed by atoms with E-state index in [-0.39, 0.29) is 6.10 Å².